The summed E-state index contributed by atoms with van der Waals surface area (Å²) in [5.41, 5.74) is 0.209. The van der Waals surface area contributed by atoms with Crippen LogP contribution in [-0.4, -0.2) is 88.5 Å². The molecule has 6 nitrogen and oxygen atoms in total. The molecule has 2 saturated heterocycles. The zero-order chi connectivity index (χ0) is 19.0. The molecule has 2 fully saturated rings. The minimum atomic E-state index is 0. The van der Waals surface area contributed by atoms with Crippen LogP contribution in [0.3, 0.4) is 0 Å². The molecule has 0 amide bonds. The van der Waals surface area contributed by atoms with Gasteiger partial charge in [0.15, 0.2) is 5.96 Å². The highest BCUT2D eigenvalue weighted by molar-refractivity contribution is 14.0. The van der Waals surface area contributed by atoms with E-state index in [-0.39, 0.29) is 29.4 Å². The summed E-state index contributed by atoms with van der Waals surface area (Å²) in [5.74, 6) is 1.02. The summed E-state index contributed by atoms with van der Waals surface area (Å²) < 4.78 is 11.9. The molecule has 0 radical (unpaired) electrons. The van der Waals surface area contributed by atoms with E-state index < -0.39 is 0 Å². The van der Waals surface area contributed by atoms with Crippen LogP contribution in [0.15, 0.2) is 4.99 Å². The maximum atomic E-state index is 6.12. The second-order valence-corrected chi connectivity index (χ2v) is 8.81. The van der Waals surface area contributed by atoms with Gasteiger partial charge in [-0.15, -0.1) is 24.0 Å². The third-order valence-electron chi connectivity index (χ3n) is 5.21. The molecular weight excluding hydrogens is 455 g/mol. The largest absolute Gasteiger partial charge is 0.376 e. The summed E-state index contributed by atoms with van der Waals surface area (Å²) >= 11 is 0. The fourth-order valence-corrected chi connectivity index (χ4v) is 3.98. The Labute approximate surface area is 183 Å². The standard InChI is InChI=1S/C20H40N4O2.HI/c1-20(2,16-23(4)5)15-22-19(21-3)24-11-9-17(10-12-24)26-14-18-8-6-7-13-25-18;/h17-18H,6-16H2,1-5H3,(H,21,22);1H. The van der Waals surface area contributed by atoms with Gasteiger partial charge >= 0.3 is 0 Å². The van der Waals surface area contributed by atoms with Crippen LogP contribution in [0.1, 0.15) is 46.0 Å². The summed E-state index contributed by atoms with van der Waals surface area (Å²) in [7, 11) is 6.13. The van der Waals surface area contributed by atoms with Gasteiger partial charge in [-0.1, -0.05) is 13.8 Å². The van der Waals surface area contributed by atoms with Crippen molar-refractivity contribution in [3.05, 3.63) is 0 Å². The molecule has 160 valence electrons. The maximum absolute atomic E-state index is 6.12. The Morgan fingerprint density at radius 3 is 2.48 bits per heavy atom. The average Bonchev–Trinajstić information content (AvgIpc) is 2.61. The summed E-state index contributed by atoms with van der Waals surface area (Å²) in [6.45, 7) is 10.2. The van der Waals surface area contributed by atoms with Gasteiger partial charge in [0.25, 0.3) is 0 Å². The van der Waals surface area contributed by atoms with E-state index in [1.165, 1.54) is 12.8 Å². The van der Waals surface area contributed by atoms with Crippen LogP contribution >= 0.6 is 24.0 Å². The Bertz CT molecular complexity index is 432. The van der Waals surface area contributed by atoms with Crippen molar-refractivity contribution in [2.75, 3.05) is 60.5 Å². The number of nitrogens with zero attached hydrogens (tertiary/aromatic N) is 3. The highest BCUT2D eigenvalue weighted by Gasteiger charge is 2.25. The van der Waals surface area contributed by atoms with E-state index in [2.05, 4.69) is 48.1 Å². The Morgan fingerprint density at radius 1 is 1.22 bits per heavy atom. The lowest BCUT2D eigenvalue weighted by Crippen LogP contribution is -2.50. The monoisotopic (exact) mass is 496 g/mol. The highest BCUT2D eigenvalue weighted by atomic mass is 127. The zero-order valence-corrected chi connectivity index (χ0v) is 20.3. The van der Waals surface area contributed by atoms with Crippen molar-refractivity contribution in [1.29, 1.82) is 0 Å². The van der Waals surface area contributed by atoms with Gasteiger partial charge in [0.05, 0.1) is 18.8 Å². The fourth-order valence-electron chi connectivity index (χ4n) is 3.98. The van der Waals surface area contributed by atoms with Gasteiger partial charge in [0, 0.05) is 39.8 Å². The Morgan fingerprint density at radius 2 is 1.93 bits per heavy atom. The molecule has 1 unspecified atom stereocenters. The number of hydrogen-bond donors (Lipinski definition) is 1. The molecule has 27 heavy (non-hydrogen) atoms. The van der Waals surface area contributed by atoms with Crippen molar-refractivity contribution in [2.24, 2.45) is 10.4 Å². The summed E-state index contributed by atoms with van der Waals surface area (Å²) in [6, 6.07) is 0. The van der Waals surface area contributed by atoms with Crippen molar-refractivity contribution >= 4 is 29.9 Å². The van der Waals surface area contributed by atoms with E-state index in [9.17, 15) is 0 Å². The molecule has 1 N–H and O–H groups in total. The zero-order valence-electron chi connectivity index (χ0n) is 18.0. The second-order valence-electron chi connectivity index (χ2n) is 8.81. The van der Waals surface area contributed by atoms with E-state index in [1.54, 1.807) is 0 Å². The van der Waals surface area contributed by atoms with Gasteiger partial charge in [-0.3, -0.25) is 4.99 Å². The first-order valence-electron chi connectivity index (χ1n) is 10.2. The number of aliphatic imine (C=N–C) groups is 1. The molecule has 2 heterocycles. The summed E-state index contributed by atoms with van der Waals surface area (Å²) in [4.78, 5) is 9.10. The molecule has 0 spiro atoms. The van der Waals surface area contributed by atoms with E-state index in [0.29, 0.717) is 12.2 Å². The van der Waals surface area contributed by atoms with Crippen LogP contribution < -0.4 is 5.32 Å². The van der Waals surface area contributed by atoms with Crippen LogP contribution in [0.25, 0.3) is 0 Å². The lowest BCUT2D eigenvalue weighted by Gasteiger charge is -2.36. The first kappa shape index (κ1) is 24.9. The van der Waals surface area contributed by atoms with Gasteiger partial charge in [0.1, 0.15) is 0 Å². The molecule has 0 saturated carbocycles. The molecule has 0 aromatic carbocycles. The molecular formula is C20H41IN4O2. The third kappa shape index (κ3) is 9.28. The Kier molecular flexibility index (Phi) is 11.5. The van der Waals surface area contributed by atoms with Gasteiger partial charge in [-0.25, -0.2) is 0 Å². The van der Waals surface area contributed by atoms with Crippen LogP contribution in [0.4, 0.5) is 0 Å². The molecule has 1 atom stereocenters. The van der Waals surface area contributed by atoms with Crippen molar-refractivity contribution in [3.63, 3.8) is 0 Å². The fraction of sp³-hybridized carbons (Fsp3) is 0.950. The molecule has 2 aliphatic heterocycles. The van der Waals surface area contributed by atoms with Crippen molar-refractivity contribution < 1.29 is 9.47 Å². The quantitative estimate of drug-likeness (QED) is 0.334. The Hall–Kier alpha value is -0.120. The smallest absolute Gasteiger partial charge is 0.193 e. The van der Waals surface area contributed by atoms with Crippen LogP contribution in [0.5, 0.6) is 0 Å². The van der Waals surface area contributed by atoms with Crippen LogP contribution in [0.2, 0.25) is 0 Å². The average molecular weight is 496 g/mol. The van der Waals surface area contributed by atoms with Gasteiger partial charge < -0.3 is 24.6 Å². The topological polar surface area (TPSA) is 49.3 Å². The van der Waals surface area contributed by atoms with Crippen molar-refractivity contribution in [1.82, 2.24) is 15.1 Å². The van der Waals surface area contributed by atoms with E-state index in [0.717, 1.165) is 64.6 Å². The number of piperidine rings is 1. The summed E-state index contributed by atoms with van der Waals surface area (Å²) in [5, 5.41) is 3.57. The number of hydrogen-bond acceptors (Lipinski definition) is 4. The molecule has 0 aromatic heterocycles. The molecule has 0 aliphatic carbocycles. The van der Waals surface area contributed by atoms with Crippen LogP contribution in [-0.2, 0) is 9.47 Å². The molecule has 2 aliphatic rings. The predicted molar refractivity (Wildman–Crippen MR) is 123 cm³/mol. The van der Waals surface area contributed by atoms with Crippen molar-refractivity contribution in [2.45, 2.75) is 58.2 Å². The van der Waals surface area contributed by atoms with Gasteiger partial charge in [-0.05, 0) is 51.6 Å². The first-order chi connectivity index (χ1) is 12.4. The lowest BCUT2D eigenvalue weighted by atomic mass is 9.93. The molecule has 7 heteroatoms. The van der Waals surface area contributed by atoms with Crippen LogP contribution in [0, 0.1) is 5.41 Å². The number of ether oxygens (including phenoxy) is 2. The van der Waals surface area contributed by atoms with Crippen molar-refractivity contribution in [3.8, 4) is 0 Å². The predicted octanol–water partition coefficient (Wildman–Crippen LogP) is 2.82. The van der Waals surface area contributed by atoms with Gasteiger partial charge in [0.2, 0.25) is 0 Å². The second kappa shape index (κ2) is 12.4. The first-order valence-corrected chi connectivity index (χ1v) is 10.2. The minimum absolute atomic E-state index is 0. The molecule has 0 aromatic rings. The highest BCUT2D eigenvalue weighted by Crippen LogP contribution is 2.19. The van der Waals surface area contributed by atoms with Gasteiger partial charge in [-0.2, -0.15) is 0 Å². The number of rotatable bonds is 7. The van der Waals surface area contributed by atoms with E-state index in [4.69, 9.17) is 9.47 Å². The SMILES string of the molecule is CN=C(NCC(C)(C)CN(C)C)N1CCC(OCC2CCCCO2)CC1.I. The molecule has 0 bridgehead atoms. The third-order valence-corrected chi connectivity index (χ3v) is 5.21. The lowest BCUT2D eigenvalue weighted by molar-refractivity contribution is -0.0721. The molecule has 2 rings (SSSR count). The number of halogens is 1. The number of nitrogens with one attached hydrogen (secondary N) is 1. The Balaban J connectivity index is 0.00000364. The number of likely N-dealkylation sites (tertiary alicyclic amines) is 1. The van der Waals surface area contributed by atoms with E-state index in [1.807, 2.05) is 7.05 Å². The summed E-state index contributed by atoms with van der Waals surface area (Å²) in [6.07, 6.45) is 6.43. The minimum Gasteiger partial charge on any atom is -0.376 e. The maximum Gasteiger partial charge on any atom is 0.193 e. The number of guanidine groups is 1. The normalized spacial score (nSPS) is 22.7. The van der Waals surface area contributed by atoms with E-state index >= 15 is 0 Å².